The summed E-state index contributed by atoms with van der Waals surface area (Å²) < 4.78 is 43.0. The summed E-state index contributed by atoms with van der Waals surface area (Å²) in [5, 5.41) is 6.70. The average Bonchev–Trinajstić information content (AvgIpc) is 3.33. The van der Waals surface area contributed by atoms with Gasteiger partial charge in [0.1, 0.15) is 23.7 Å². The molecule has 1 atom stereocenters. The van der Waals surface area contributed by atoms with Gasteiger partial charge in [-0.1, -0.05) is 24.3 Å². The number of carbonyl (C=O) groups excluding carboxylic acids is 3. The van der Waals surface area contributed by atoms with Crippen LogP contribution in [0.25, 0.3) is 11.3 Å². The molecular formula is C22H17F3N4O4S. The Kier molecular flexibility index (Phi) is 6.24. The lowest BCUT2D eigenvalue weighted by molar-refractivity contribution is -0.133. The number of urea groups is 1. The first kappa shape index (κ1) is 23.2. The minimum atomic E-state index is -3.01. The Labute approximate surface area is 195 Å². The third-order valence-electron chi connectivity index (χ3n) is 5.13. The van der Waals surface area contributed by atoms with E-state index in [-0.39, 0.29) is 10.9 Å². The normalized spacial score (nSPS) is 17.7. The summed E-state index contributed by atoms with van der Waals surface area (Å²) in [6.07, 6.45) is 0. The number of nitrogens with one attached hydrogen (secondary N) is 2. The second-order valence-corrected chi connectivity index (χ2v) is 8.27. The van der Waals surface area contributed by atoms with Crippen LogP contribution in [0.15, 0.2) is 53.9 Å². The molecule has 0 spiro atoms. The fraction of sp³-hybridized carbons (Fsp3) is 0.182. The van der Waals surface area contributed by atoms with E-state index < -0.39 is 42.4 Å². The molecule has 0 aliphatic carbocycles. The van der Waals surface area contributed by atoms with Crippen LogP contribution in [0.4, 0.5) is 23.1 Å². The van der Waals surface area contributed by atoms with Gasteiger partial charge in [-0.05, 0) is 36.8 Å². The number of ether oxygens (including phenoxy) is 1. The van der Waals surface area contributed by atoms with Crippen LogP contribution in [-0.4, -0.2) is 40.9 Å². The smallest absolute Gasteiger partial charge is 0.387 e. The molecule has 2 aromatic carbocycles. The van der Waals surface area contributed by atoms with Crippen molar-refractivity contribution >= 4 is 34.3 Å². The van der Waals surface area contributed by atoms with Crippen LogP contribution >= 0.6 is 11.3 Å². The zero-order valence-corrected chi connectivity index (χ0v) is 18.4. The van der Waals surface area contributed by atoms with E-state index in [4.69, 9.17) is 0 Å². The molecule has 0 saturated carbocycles. The van der Waals surface area contributed by atoms with Crippen molar-refractivity contribution in [1.29, 1.82) is 0 Å². The number of alkyl halides is 2. The Hall–Kier alpha value is -3.93. The number of aromatic nitrogens is 1. The van der Waals surface area contributed by atoms with Crippen molar-refractivity contribution in [3.05, 3.63) is 65.3 Å². The summed E-state index contributed by atoms with van der Waals surface area (Å²) in [5.74, 6) is -1.92. The lowest BCUT2D eigenvalue weighted by atomic mass is 9.92. The van der Waals surface area contributed by atoms with Gasteiger partial charge >= 0.3 is 12.6 Å². The largest absolute Gasteiger partial charge is 0.434 e. The van der Waals surface area contributed by atoms with Gasteiger partial charge in [-0.15, -0.1) is 11.3 Å². The number of halogens is 3. The van der Waals surface area contributed by atoms with Crippen LogP contribution in [0.1, 0.15) is 12.5 Å². The van der Waals surface area contributed by atoms with E-state index in [1.54, 1.807) is 17.5 Å². The van der Waals surface area contributed by atoms with Crippen molar-refractivity contribution in [2.45, 2.75) is 19.1 Å². The van der Waals surface area contributed by atoms with Gasteiger partial charge in [0.15, 0.2) is 5.13 Å². The number of imide groups is 1. The Morgan fingerprint density at radius 3 is 2.62 bits per heavy atom. The van der Waals surface area contributed by atoms with Crippen molar-refractivity contribution in [3.63, 3.8) is 0 Å². The number of anilines is 1. The number of carbonyl (C=O) groups is 3. The molecule has 8 nitrogen and oxygen atoms in total. The zero-order valence-electron chi connectivity index (χ0n) is 17.6. The molecule has 1 fully saturated rings. The Morgan fingerprint density at radius 2 is 1.91 bits per heavy atom. The summed E-state index contributed by atoms with van der Waals surface area (Å²) >= 11 is 1.03. The van der Waals surface area contributed by atoms with Crippen LogP contribution in [-0.2, 0) is 15.1 Å². The molecule has 1 unspecified atom stereocenters. The summed E-state index contributed by atoms with van der Waals surface area (Å²) in [6, 6.07) is 10.4. The minimum Gasteiger partial charge on any atom is -0.434 e. The average molecular weight is 490 g/mol. The number of nitrogens with zero attached hydrogens (tertiary/aromatic N) is 2. The standard InChI is InChI=1S/C22H17F3N4O4S/c1-22(12-6-8-13(23)9-7-12)18(31)29(21(32)28-22)10-17(30)27-20-26-15(11-34-20)14-4-2-3-5-16(14)33-19(24)25/h2-9,11,19H,10H2,1H3,(H,28,32)(H,26,27,30). The van der Waals surface area contributed by atoms with Crippen molar-refractivity contribution in [2.24, 2.45) is 0 Å². The van der Waals surface area contributed by atoms with E-state index in [1.165, 1.54) is 43.3 Å². The quantitative estimate of drug-likeness (QED) is 0.489. The van der Waals surface area contributed by atoms with Crippen molar-refractivity contribution in [1.82, 2.24) is 15.2 Å². The third-order valence-corrected chi connectivity index (χ3v) is 5.89. The number of rotatable bonds is 7. The van der Waals surface area contributed by atoms with Crippen LogP contribution in [0.5, 0.6) is 5.75 Å². The second-order valence-electron chi connectivity index (χ2n) is 7.41. The highest BCUT2D eigenvalue weighted by Crippen LogP contribution is 2.33. The van der Waals surface area contributed by atoms with Gasteiger partial charge in [0.2, 0.25) is 5.91 Å². The SMILES string of the molecule is CC1(c2ccc(F)cc2)NC(=O)N(CC(=O)Nc2nc(-c3ccccc3OC(F)F)cs2)C1=O. The van der Waals surface area contributed by atoms with E-state index in [2.05, 4.69) is 20.4 Å². The van der Waals surface area contributed by atoms with E-state index >= 15 is 0 Å². The molecule has 1 aromatic heterocycles. The van der Waals surface area contributed by atoms with Gasteiger partial charge in [-0.2, -0.15) is 8.78 Å². The van der Waals surface area contributed by atoms with Crippen molar-refractivity contribution in [2.75, 3.05) is 11.9 Å². The fourth-order valence-corrected chi connectivity index (χ4v) is 4.18. The third kappa shape index (κ3) is 4.57. The van der Waals surface area contributed by atoms with E-state index in [0.29, 0.717) is 16.8 Å². The Morgan fingerprint density at radius 1 is 1.21 bits per heavy atom. The minimum absolute atomic E-state index is 0.0694. The zero-order chi connectivity index (χ0) is 24.5. The first-order valence-electron chi connectivity index (χ1n) is 9.87. The maximum atomic E-state index is 13.2. The topological polar surface area (TPSA) is 101 Å². The summed E-state index contributed by atoms with van der Waals surface area (Å²) in [4.78, 5) is 42.8. The maximum absolute atomic E-state index is 13.2. The van der Waals surface area contributed by atoms with Gasteiger partial charge in [0.25, 0.3) is 5.91 Å². The molecule has 4 amide bonds. The first-order chi connectivity index (χ1) is 16.2. The fourth-order valence-electron chi connectivity index (χ4n) is 3.45. The molecule has 1 aliphatic rings. The maximum Gasteiger partial charge on any atom is 0.387 e. The Balaban J connectivity index is 1.45. The lowest BCUT2D eigenvalue weighted by Gasteiger charge is -2.22. The predicted octanol–water partition coefficient (Wildman–Crippen LogP) is 3.96. The predicted molar refractivity (Wildman–Crippen MR) is 117 cm³/mol. The number of para-hydroxylation sites is 1. The van der Waals surface area contributed by atoms with Gasteiger partial charge < -0.3 is 15.4 Å². The molecule has 3 aromatic rings. The van der Waals surface area contributed by atoms with Crippen molar-refractivity contribution < 1.29 is 32.3 Å². The van der Waals surface area contributed by atoms with E-state index in [0.717, 1.165) is 16.2 Å². The highest BCUT2D eigenvalue weighted by molar-refractivity contribution is 7.14. The molecule has 2 N–H and O–H groups in total. The molecule has 2 heterocycles. The van der Waals surface area contributed by atoms with Gasteiger partial charge in [-0.25, -0.2) is 14.2 Å². The van der Waals surface area contributed by atoms with Crippen LogP contribution in [0.3, 0.4) is 0 Å². The number of thiazole rings is 1. The molecule has 34 heavy (non-hydrogen) atoms. The van der Waals surface area contributed by atoms with Crippen molar-refractivity contribution in [3.8, 4) is 17.0 Å². The molecule has 0 bridgehead atoms. The van der Waals surface area contributed by atoms with Crippen LogP contribution in [0, 0.1) is 5.82 Å². The second kappa shape index (κ2) is 9.14. The summed E-state index contributed by atoms with van der Waals surface area (Å²) in [5.41, 5.74) is -0.475. The number of amides is 4. The highest BCUT2D eigenvalue weighted by Gasteiger charge is 2.49. The Bertz CT molecular complexity index is 1250. The summed E-state index contributed by atoms with van der Waals surface area (Å²) in [7, 11) is 0. The molecule has 1 aliphatic heterocycles. The van der Waals surface area contributed by atoms with Gasteiger partial charge in [-0.3, -0.25) is 14.5 Å². The summed E-state index contributed by atoms with van der Waals surface area (Å²) in [6.45, 7) is -2.13. The lowest BCUT2D eigenvalue weighted by Crippen LogP contribution is -2.42. The number of benzene rings is 2. The highest BCUT2D eigenvalue weighted by atomic mass is 32.1. The number of hydrogen-bond acceptors (Lipinski definition) is 6. The molecular weight excluding hydrogens is 473 g/mol. The number of hydrogen-bond donors (Lipinski definition) is 2. The van der Waals surface area contributed by atoms with Crippen LogP contribution < -0.4 is 15.4 Å². The molecule has 4 rings (SSSR count). The first-order valence-corrected chi connectivity index (χ1v) is 10.7. The monoisotopic (exact) mass is 490 g/mol. The van der Waals surface area contributed by atoms with E-state index in [9.17, 15) is 27.6 Å². The van der Waals surface area contributed by atoms with Crippen LogP contribution in [0.2, 0.25) is 0 Å². The van der Waals surface area contributed by atoms with E-state index in [1.807, 2.05) is 0 Å². The van der Waals surface area contributed by atoms with Gasteiger partial charge in [0.05, 0.1) is 5.69 Å². The molecule has 0 radical (unpaired) electrons. The van der Waals surface area contributed by atoms with Gasteiger partial charge in [0, 0.05) is 10.9 Å². The molecule has 12 heteroatoms. The molecule has 1 saturated heterocycles. The molecule has 176 valence electrons.